The molecule has 2 N–H and O–H groups in total. The number of amides is 1. The van der Waals surface area contributed by atoms with Crippen LogP contribution in [0.15, 0.2) is 11.6 Å². The summed E-state index contributed by atoms with van der Waals surface area (Å²) < 4.78 is 0. The van der Waals surface area contributed by atoms with E-state index in [1.807, 2.05) is 0 Å². The van der Waals surface area contributed by atoms with Gasteiger partial charge in [-0.15, -0.1) is 11.3 Å². The van der Waals surface area contributed by atoms with Crippen molar-refractivity contribution in [3.05, 3.63) is 16.6 Å². The molecule has 2 rings (SSSR count). The average Bonchev–Trinajstić information content (AvgIpc) is 2.72. The number of aliphatic carboxylic acids is 1. The molecule has 2 atom stereocenters. The number of carboxylic acid groups (broad SMARTS) is 1. The summed E-state index contributed by atoms with van der Waals surface area (Å²) in [6.45, 7) is 1.75. The van der Waals surface area contributed by atoms with Gasteiger partial charge in [0.05, 0.1) is 5.41 Å². The third-order valence-electron chi connectivity index (χ3n) is 2.64. The Balaban J connectivity index is 2.41. The molecule has 1 aromatic rings. The van der Waals surface area contributed by atoms with Gasteiger partial charge >= 0.3 is 5.97 Å². The zero-order valence-corrected chi connectivity index (χ0v) is 8.87. The largest absolute Gasteiger partial charge is 0.480 e. The van der Waals surface area contributed by atoms with Gasteiger partial charge in [0.15, 0.2) is 0 Å². The van der Waals surface area contributed by atoms with Crippen LogP contribution in [-0.2, 0) is 15.0 Å². The summed E-state index contributed by atoms with van der Waals surface area (Å²) in [4.78, 5) is 26.4. The summed E-state index contributed by atoms with van der Waals surface area (Å²) in [6.07, 6.45) is 1.80. The van der Waals surface area contributed by atoms with Crippen LogP contribution in [0.4, 0.5) is 0 Å². The Labute approximate surface area is 90.1 Å². The maximum absolute atomic E-state index is 11.3. The van der Waals surface area contributed by atoms with Gasteiger partial charge in [0.2, 0.25) is 5.91 Å². The molecule has 2 heterocycles. The number of hydrogen-bond acceptors (Lipinski definition) is 4. The van der Waals surface area contributed by atoms with Gasteiger partial charge in [-0.25, -0.2) is 9.78 Å². The first kappa shape index (κ1) is 10.1. The van der Waals surface area contributed by atoms with Crippen LogP contribution in [0.3, 0.4) is 0 Å². The predicted octanol–water partition coefficient (Wildman–Crippen LogP) is 0.374. The SMILES string of the molecule is CC1(c2nccs2)CC(=O)NC1C(=O)O. The van der Waals surface area contributed by atoms with Crippen molar-refractivity contribution < 1.29 is 14.7 Å². The molecule has 0 saturated carbocycles. The van der Waals surface area contributed by atoms with Crippen molar-refractivity contribution >= 4 is 23.2 Å². The number of nitrogens with one attached hydrogen (secondary N) is 1. The standard InChI is InChI=1S/C9H10N2O3S/c1-9(8-10-2-3-15-8)4-5(12)11-6(9)7(13)14/h2-3,6H,4H2,1H3,(H,11,12)(H,13,14). The Hall–Kier alpha value is -1.43. The minimum Gasteiger partial charge on any atom is -0.480 e. The van der Waals surface area contributed by atoms with Gasteiger partial charge in [-0.3, -0.25) is 4.79 Å². The van der Waals surface area contributed by atoms with E-state index >= 15 is 0 Å². The zero-order chi connectivity index (χ0) is 11.1. The number of carboxylic acids is 1. The van der Waals surface area contributed by atoms with Crippen LogP contribution in [0.1, 0.15) is 18.4 Å². The average molecular weight is 226 g/mol. The lowest BCUT2D eigenvalue weighted by Gasteiger charge is -2.24. The predicted molar refractivity (Wildman–Crippen MR) is 53.6 cm³/mol. The molecule has 0 aromatic carbocycles. The number of carbonyl (C=O) groups is 2. The van der Waals surface area contributed by atoms with Crippen molar-refractivity contribution in [3.8, 4) is 0 Å². The number of hydrogen-bond donors (Lipinski definition) is 2. The molecule has 1 aliphatic rings. The fraction of sp³-hybridized carbons (Fsp3) is 0.444. The zero-order valence-electron chi connectivity index (χ0n) is 8.06. The van der Waals surface area contributed by atoms with Gasteiger partial charge in [0, 0.05) is 18.0 Å². The van der Waals surface area contributed by atoms with E-state index in [4.69, 9.17) is 5.11 Å². The highest BCUT2D eigenvalue weighted by Crippen LogP contribution is 2.36. The summed E-state index contributed by atoms with van der Waals surface area (Å²) >= 11 is 1.38. The van der Waals surface area contributed by atoms with Crippen molar-refractivity contribution in [2.24, 2.45) is 0 Å². The third kappa shape index (κ3) is 1.50. The lowest BCUT2D eigenvalue weighted by molar-refractivity contribution is -0.141. The number of thiazole rings is 1. The van der Waals surface area contributed by atoms with Gasteiger partial charge < -0.3 is 10.4 Å². The monoisotopic (exact) mass is 226 g/mol. The molecule has 1 aliphatic heterocycles. The Kier molecular flexibility index (Phi) is 2.22. The van der Waals surface area contributed by atoms with E-state index in [1.165, 1.54) is 11.3 Å². The van der Waals surface area contributed by atoms with Crippen LogP contribution in [0.2, 0.25) is 0 Å². The maximum atomic E-state index is 11.3. The molecule has 5 nitrogen and oxygen atoms in total. The first-order chi connectivity index (χ1) is 7.04. The number of rotatable bonds is 2. The normalized spacial score (nSPS) is 30.2. The van der Waals surface area contributed by atoms with E-state index in [-0.39, 0.29) is 12.3 Å². The maximum Gasteiger partial charge on any atom is 0.327 e. The summed E-state index contributed by atoms with van der Waals surface area (Å²) in [5.41, 5.74) is -0.725. The quantitative estimate of drug-likeness (QED) is 0.763. The molecule has 15 heavy (non-hydrogen) atoms. The number of nitrogens with zero attached hydrogens (tertiary/aromatic N) is 1. The molecule has 1 fully saturated rings. The Morgan fingerprint density at radius 3 is 3.07 bits per heavy atom. The molecule has 0 radical (unpaired) electrons. The van der Waals surface area contributed by atoms with Crippen molar-refractivity contribution in [3.63, 3.8) is 0 Å². The van der Waals surface area contributed by atoms with Crippen molar-refractivity contribution in [2.75, 3.05) is 0 Å². The van der Waals surface area contributed by atoms with Gasteiger partial charge in [-0.2, -0.15) is 0 Å². The van der Waals surface area contributed by atoms with Crippen LogP contribution in [0.5, 0.6) is 0 Å². The van der Waals surface area contributed by atoms with E-state index in [0.717, 1.165) is 0 Å². The molecule has 1 amide bonds. The molecule has 1 aromatic heterocycles. The van der Waals surface area contributed by atoms with Crippen LogP contribution in [0.25, 0.3) is 0 Å². The van der Waals surface area contributed by atoms with Gasteiger partial charge in [0.1, 0.15) is 11.0 Å². The Morgan fingerprint density at radius 1 is 1.80 bits per heavy atom. The second-order valence-corrected chi connectivity index (χ2v) is 4.66. The molecule has 2 unspecified atom stereocenters. The molecular weight excluding hydrogens is 216 g/mol. The van der Waals surface area contributed by atoms with E-state index in [1.54, 1.807) is 18.5 Å². The number of aromatic nitrogens is 1. The van der Waals surface area contributed by atoms with Crippen LogP contribution in [-0.4, -0.2) is 28.0 Å². The highest BCUT2D eigenvalue weighted by Gasteiger charge is 2.50. The first-order valence-electron chi connectivity index (χ1n) is 4.46. The van der Waals surface area contributed by atoms with Crippen LogP contribution < -0.4 is 5.32 Å². The summed E-state index contributed by atoms with van der Waals surface area (Å²) in [5.74, 6) is -1.25. The van der Waals surface area contributed by atoms with Crippen molar-refractivity contribution in [1.29, 1.82) is 0 Å². The first-order valence-corrected chi connectivity index (χ1v) is 5.34. The fourth-order valence-corrected chi connectivity index (χ4v) is 2.68. The van der Waals surface area contributed by atoms with E-state index < -0.39 is 17.4 Å². The summed E-state index contributed by atoms with van der Waals surface area (Å²) in [5, 5.41) is 14.0. The highest BCUT2D eigenvalue weighted by atomic mass is 32.1. The molecule has 0 aliphatic carbocycles. The fourth-order valence-electron chi connectivity index (χ4n) is 1.85. The second-order valence-electron chi connectivity index (χ2n) is 3.77. The molecule has 6 heteroatoms. The third-order valence-corrected chi connectivity index (χ3v) is 3.69. The summed E-state index contributed by atoms with van der Waals surface area (Å²) in [7, 11) is 0. The van der Waals surface area contributed by atoms with E-state index in [9.17, 15) is 9.59 Å². The lowest BCUT2D eigenvalue weighted by Crippen LogP contribution is -2.44. The molecule has 1 saturated heterocycles. The molecule has 0 bridgehead atoms. The van der Waals surface area contributed by atoms with Crippen LogP contribution >= 0.6 is 11.3 Å². The minimum absolute atomic E-state index is 0.178. The van der Waals surface area contributed by atoms with E-state index in [0.29, 0.717) is 5.01 Å². The minimum atomic E-state index is -1.02. The van der Waals surface area contributed by atoms with E-state index in [2.05, 4.69) is 10.3 Å². The lowest BCUT2D eigenvalue weighted by atomic mass is 9.83. The number of carbonyl (C=O) groups excluding carboxylic acids is 1. The molecule has 80 valence electrons. The van der Waals surface area contributed by atoms with Gasteiger partial charge in [0.25, 0.3) is 0 Å². The van der Waals surface area contributed by atoms with Gasteiger partial charge in [-0.1, -0.05) is 6.92 Å². The van der Waals surface area contributed by atoms with Crippen molar-refractivity contribution in [1.82, 2.24) is 10.3 Å². The molecule has 0 spiro atoms. The topological polar surface area (TPSA) is 79.3 Å². The Morgan fingerprint density at radius 2 is 2.53 bits per heavy atom. The van der Waals surface area contributed by atoms with Crippen LogP contribution in [0, 0.1) is 0 Å². The second kappa shape index (κ2) is 3.30. The summed E-state index contributed by atoms with van der Waals surface area (Å²) in [6, 6.07) is -0.879. The van der Waals surface area contributed by atoms with Gasteiger partial charge in [-0.05, 0) is 0 Å². The molecular formula is C9H10N2O3S. The van der Waals surface area contributed by atoms with Crippen molar-refractivity contribution in [2.45, 2.75) is 24.8 Å². The highest BCUT2D eigenvalue weighted by molar-refractivity contribution is 7.09. The smallest absolute Gasteiger partial charge is 0.327 e. The Bertz CT molecular complexity index is 403.